The molecular weight excluding hydrogens is 220 g/mol. The highest BCUT2D eigenvalue weighted by Gasteiger charge is 2.22. The monoisotopic (exact) mass is 236 g/mol. The smallest absolute Gasteiger partial charge is 0.319 e. The lowest BCUT2D eigenvalue weighted by atomic mass is 9.96. The first kappa shape index (κ1) is 11.6. The summed E-state index contributed by atoms with van der Waals surface area (Å²) in [6.45, 7) is 6.15. The van der Waals surface area contributed by atoms with E-state index in [2.05, 4.69) is 15.1 Å². The summed E-state index contributed by atoms with van der Waals surface area (Å²) in [6.07, 6.45) is 1.58. The number of ether oxygens (including phenoxy) is 2. The molecule has 2 heterocycles. The lowest BCUT2D eigenvalue weighted by Crippen LogP contribution is -2.13. The lowest BCUT2D eigenvalue weighted by molar-refractivity contribution is 0.358. The average molecular weight is 236 g/mol. The molecule has 2 aromatic rings. The van der Waals surface area contributed by atoms with Gasteiger partial charge < -0.3 is 9.47 Å². The van der Waals surface area contributed by atoms with Crippen molar-refractivity contribution in [3.63, 3.8) is 0 Å². The number of methoxy groups -OCH3 is 2. The van der Waals surface area contributed by atoms with Crippen LogP contribution in [-0.2, 0) is 5.41 Å². The Morgan fingerprint density at radius 3 is 2.41 bits per heavy atom. The molecule has 0 aromatic carbocycles. The van der Waals surface area contributed by atoms with Crippen molar-refractivity contribution in [1.29, 1.82) is 0 Å². The third-order valence-electron chi connectivity index (χ3n) is 2.37. The van der Waals surface area contributed by atoms with Crippen molar-refractivity contribution in [2.45, 2.75) is 26.2 Å². The van der Waals surface area contributed by atoms with Gasteiger partial charge >= 0.3 is 6.01 Å². The van der Waals surface area contributed by atoms with E-state index in [9.17, 15) is 0 Å². The summed E-state index contributed by atoms with van der Waals surface area (Å²) in [5.41, 5.74) is 0.478. The van der Waals surface area contributed by atoms with Gasteiger partial charge in [0, 0.05) is 5.41 Å². The van der Waals surface area contributed by atoms with Crippen LogP contribution in [0.2, 0.25) is 0 Å². The summed E-state index contributed by atoms with van der Waals surface area (Å²) < 4.78 is 11.9. The van der Waals surface area contributed by atoms with E-state index in [1.807, 2.05) is 20.8 Å². The minimum atomic E-state index is -0.137. The molecule has 0 saturated carbocycles. The Bertz CT molecular complexity index is 501. The Kier molecular flexibility index (Phi) is 2.65. The van der Waals surface area contributed by atoms with Gasteiger partial charge in [-0.3, -0.25) is 0 Å². The molecule has 2 aromatic heterocycles. The van der Waals surface area contributed by atoms with Crippen LogP contribution >= 0.6 is 0 Å². The number of aromatic nitrogens is 4. The Balaban J connectivity index is 2.72. The zero-order valence-corrected chi connectivity index (χ0v) is 10.7. The number of nitrogens with zero attached hydrogens (tertiary/aromatic N) is 4. The molecule has 0 aliphatic heterocycles. The molecule has 17 heavy (non-hydrogen) atoms. The van der Waals surface area contributed by atoms with E-state index in [0.717, 1.165) is 5.82 Å². The van der Waals surface area contributed by atoms with E-state index in [4.69, 9.17) is 9.47 Å². The second-order valence-electron chi connectivity index (χ2n) is 4.73. The predicted octanol–water partition coefficient (Wildman–Crippen LogP) is 1.44. The third kappa shape index (κ3) is 1.90. The standard InChI is InChI=1S/C11H16N4O2/c1-11(2,3)9-13-8-7(16-4)6-12-10(17-5)15(8)14-9/h6H,1-5H3. The highest BCUT2D eigenvalue weighted by atomic mass is 16.5. The second kappa shape index (κ2) is 3.87. The van der Waals surface area contributed by atoms with E-state index in [-0.39, 0.29) is 5.41 Å². The van der Waals surface area contributed by atoms with E-state index >= 15 is 0 Å². The molecule has 0 saturated heterocycles. The van der Waals surface area contributed by atoms with Crippen LogP contribution in [0.4, 0.5) is 0 Å². The molecule has 0 N–H and O–H groups in total. The van der Waals surface area contributed by atoms with Crippen molar-refractivity contribution >= 4 is 5.65 Å². The van der Waals surface area contributed by atoms with Gasteiger partial charge in [0.1, 0.15) is 0 Å². The fraction of sp³-hybridized carbons (Fsp3) is 0.545. The number of rotatable bonds is 2. The van der Waals surface area contributed by atoms with Gasteiger partial charge in [0.25, 0.3) is 0 Å². The van der Waals surface area contributed by atoms with Crippen LogP contribution in [0.25, 0.3) is 5.65 Å². The number of hydrogen-bond donors (Lipinski definition) is 0. The lowest BCUT2D eigenvalue weighted by Gasteiger charge is -2.11. The Morgan fingerprint density at radius 1 is 1.18 bits per heavy atom. The molecule has 0 aliphatic rings. The summed E-state index contributed by atoms with van der Waals surface area (Å²) in [5, 5.41) is 4.40. The van der Waals surface area contributed by atoms with Crippen molar-refractivity contribution in [2.75, 3.05) is 14.2 Å². The molecule has 0 radical (unpaired) electrons. The molecule has 0 bridgehead atoms. The molecule has 0 unspecified atom stereocenters. The zero-order valence-electron chi connectivity index (χ0n) is 10.7. The van der Waals surface area contributed by atoms with Crippen molar-refractivity contribution in [3.05, 3.63) is 12.0 Å². The van der Waals surface area contributed by atoms with Crippen LogP contribution in [0.1, 0.15) is 26.6 Å². The highest BCUT2D eigenvalue weighted by molar-refractivity contribution is 5.53. The minimum Gasteiger partial charge on any atom is -0.491 e. The van der Waals surface area contributed by atoms with Crippen molar-refractivity contribution in [3.8, 4) is 11.8 Å². The fourth-order valence-corrected chi connectivity index (χ4v) is 1.43. The Morgan fingerprint density at radius 2 is 1.88 bits per heavy atom. The minimum absolute atomic E-state index is 0.137. The van der Waals surface area contributed by atoms with Gasteiger partial charge in [0.15, 0.2) is 11.6 Å². The molecule has 92 valence electrons. The fourth-order valence-electron chi connectivity index (χ4n) is 1.43. The average Bonchev–Trinajstić information content (AvgIpc) is 2.72. The molecule has 0 aliphatic carbocycles. The van der Waals surface area contributed by atoms with Gasteiger partial charge in [-0.05, 0) is 0 Å². The van der Waals surface area contributed by atoms with Gasteiger partial charge in [-0.25, -0.2) is 4.98 Å². The topological polar surface area (TPSA) is 61.5 Å². The second-order valence-corrected chi connectivity index (χ2v) is 4.73. The van der Waals surface area contributed by atoms with E-state index in [1.54, 1.807) is 24.9 Å². The first-order chi connectivity index (χ1) is 7.97. The van der Waals surface area contributed by atoms with Crippen molar-refractivity contribution in [2.24, 2.45) is 0 Å². The number of fused-ring (bicyclic) bond motifs is 1. The Labute approximate surface area is 99.6 Å². The van der Waals surface area contributed by atoms with Crippen LogP contribution in [-0.4, -0.2) is 33.8 Å². The molecule has 0 spiro atoms. The Hall–Kier alpha value is -1.85. The zero-order chi connectivity index (χ0) is 12.6. The maximum absolute atomic E-state index is 5.21. The first-order valence-electron chi connectivity index (χ1n) is 5.31. The quantitative estimate of drug-likeness (QED) is 0.789. The molecule has 0 fully saturated rings. The summed E-state index contributed by atoms with van der Waals surface area (Å²) in [4.78, 5) is 8.58. The SMILES string of the molecule is COc1cnc(OC)n2nc(C(C)(C)C)nc12. The number of hydrogen-bond acceptors (Lipinski definition) is 5. The summed E-state index contributed by atoms with van der Waals surface area (Å²) in [5.74, 6) is 1.30. The van der Waals surface area contributed by atoms with Gasteiger partial charge in [0.05, 0.1) is 20.4 Å². The van der Waals surface area contributed by atoms with Crippen LogP contribution in [0.15, 0.2) is 6.20 Å². The maximum Gasteiger partial charge on any atom is 0.319 e. The summed E-state index contributed by atoms with van der Waals surface area (Å²) in [6, 6.07) is 0.392. The normalized spacial score (nSPS) is 11.8. The van der Waals surface area contributed by atoms with Crippen LogP contribution < -0.4 is 9.47 Å². The van der Waals surface area contributed by atoms with Gasteiger partial charge in [0.2, 0.25) is 5.65 Å². The highest BCUT2D eigenvalue weighted by Crippen LogP contribution is 2.25. The predicted molar refractivity (Wildman–Crippen MR) is 62.6 cm³/mol. The van der Waals surface area contributed by atoms with E-state index < -0.39 is 0 Å². The van der Waals surface area contributed by atoms with Gasteiger partial charge in [-0.1, -0.05) is 20.8 Å². The molecule has 6 nitrogen and oxygen atoms in total. The summed E-state index contributed by atoms with van der Waals surface area (Å²) in [7, 11) is 3.13. The third-order valence-corrected chi connectivity index (χ3v) is 2.37. The largest absolute Gasteiger partial charge is 0.491 e. The van der Waals surface area contributed by atoms with Crippen LogP contribution in [0.5, 0.6) is 11.8 Å². The van der Waals surface area contributed by atoms with Crippen LogP contribution in [0, 0.1) is 0 Å². The van der Waals surface area contributed by atoms with Gasteiger partial charge in [-0.2, -0.15) is 9.50 Å². The summed E-state index contributed by atoms with van der Waals surface area (Å²) >= 11 is 0. The van der Waals surface area contributed by atoms with Crippen LogP contribution in [0.3, 0.4) is 0 Å². The molecule has 6 heteroatoms. The molecule has 2 rings (SSSR count). The van der Waals surface area contributed by atoms with E-state index in [0.29, 0.717) is 17.4 Å². The molecule has 0 atom stereocenters. The van der Waals surface area contributed by atoms with Crippen molar-refractivity contribution in [1.82, 2.24) is 19.6 Å². The van der Waals surface area contributed by atoms with E-state index in [1.165, 1.54) is 0 Å². The first-order valence-corrected chi connectivity index (χ1v) is 5.31. The van der Waals surface area contributed by atoms with Gasteiger partial charge in [-0.15, -0.1) is 5.10 Å². The van der Waals surface area contributed by atoms with Crippen molar-refractivity contribution < 1.29 is 9.47 Å². The maximum atomic E-state index is 5.21. The molecular formula is C11H16N4O2. The molecule has 0 amide bonds.